The minimum Gasteiger partial charge on any atom is -0.379 e. The van der Waals surface area contributed by atoms with Crippen LogP contribution in [0.5, 0.6) is 5.75 Å². The van der Waals surface area contributed by atoms with E-state index in [-0.39, 0.29) is 4.90 Å². The first-order valence-corrected chi connectivity index (χ1v) is 8.52. The number of hydrogen-bond donors (Lipinski definition) is 0. The Morgan fingerprint density at radius 2 is 1.57 bits per heavy atom. The molecule has 0 saturated carbocycles. The third-order valence-corrected chi connectivity index (χ3v) is 4.52. The van der Waals surface area contributed by atoms with Crippen molar-refractivity contribution in [2.24, 2.45) is 0 Å². The summed E-state index contributed by atoms with van der Waals surface area (Å²) in [6.07, 6.45) is 3.27. The molecule has 112 valence electrons. The van der Waals surface area contributed by atoms with Crippen molar-refractivity contribution in [1.29, 1.82) is 0 Å². The van der Waals surface area contributed by atoms with Gasteiger partial charge in [0.1, 0.15) is 10.6 Å². The van der Waals surface area contributed by atoms with E-state index >= 15 is 0 Å². The van der Waals surface area contributed by atoms with Crippen LogP contribution in [0, 0.1) is 6.92 Å². The zero-order valence-electron chi connectivity index (χ0n) is 12.4. The molecule has 0 bridgehead atoms. The van der Waals surface area contributed by atoms with E-state index in [4.69, 9.17) is 4.18 Å². The van der Waals surface area contributed by atoms with Gasteiger partial charge in [-0.3, -0.25) is 0 Å². The van der Waals surface area contributed by atoms with E-state index in [1.54, 1.807) is 36.4 Å². The summed E-state index contributed by atoms with van der Waals surface area (Å²) in [4.78, 5) is 0.170. The van der Waals surface area contributed by atoms with Crippen molar-refractivity contribution in [1.82, 2.24) is 0 Å². The molecule has 0 aliphatic carbocycles. The van der Waals surface area contributed by atoms with Crippen molar-refractivity contribution in [3.8, 4) is 5.75 Å². The van der Waals surface area contributed by atoms with Gasteiger partial charge in [0.2, 0.25) is 0 Å². The Hall–Kier alpha value is -1.81. The Morgan fingerprint density at radius 3 is 2.14 bits per heavy atom. The van der Waals surface area contributed by atoms with E-state index in [9.17, 15) is 8.42 Å². The van der Waals surface area contributed by atoms with Gasteiger partial charge in [-0.25, -0.2) is 0 Å². The summed E-state index contributed by atoms with van der Waals surface area (Å²) < 4.78 is 29.5. The Kier molecular flexibility index (Phi) is 5.02. The third-order valence-electron chi connectivity index (χ3n) is 3.26. The molecule has 2 aromatic rings. The molecule has 0 spiro atoms. The molecule has 0 aromatic heterocycles. The summed E-state index contributed by atoms with van der Waals surface area (Å²) in [7, 11) is -3.76. The maximum atomic E-state index is 12.1. The molecule has 0 aliphatic heterocycles. The van der Waals surface area contributed by atoms with Crippen LogP contribution in [0.4, 0.5) is 0 Å². The summed E-state index contributed by atoms with van der Waals surface area (Å²) in [5.41, 5.74) is 2.20. The lowest BCUT2D eigenvalue weighted by molar-refractivity contribution is 0.486. The fourth-order valence-corrected chi connectivity index (χ4v) is 2.90. The highest BCUT2D eigenvalue weighted by atomic mass is 32.2. The van der Waals surface area contributed by atoms with E-state index in [2.05, 4.69) is 6.92 Å². The number of benzene rings is 2. The predicted octanol–water partition coefficient (Wildman–Crippen LogP) is 4.11. The van der Waals surface area contributed by atoms with Gasteiger partial charge in [0.25, 0.3) is 0 Å². The molecule has 0 fully saturated rings. The molecule has 21 heavy (non-hydrogen) atoms. The second-order valence-electron chi connectivity index (χ2n) is 5.10. The van der Waals surface area contributed by atoms with E-state index in [1.165, 1.54) is 5.56 Å². The van der Waals surface area contributed by atoms with Crippen LogP contribution in [0.2, 0.25) is 0 Å². The van der Waals surface area contributed by atoms with Crippen molar-refractivity contribution in [2.75, 3.05) is 0 Å². The first-order valence-electron chi connectivity index (χ1n) is 7.11. The van der Waals surface area contributed by atoms with Crippen molar-refractivity contribution in [3.63, 3.8) is 0 Å². The number of aryl methyl sites for hydroxylation is 2. The van der Waals surface area contributed by atoms with Crippen LogP contribution in [0.1, 0.15) is 30.9 Å². The van der Waals surface area contributed by atoms with Gasteiger partial charge in [-0.15, -0.1) is 0 Å². The van der Waals surface area contributed by atoms with Crippen LogP contribution in [-0.4, -0.2) is 8.42 Å². The minimum absolute atomic E-state index is 0.170. The molecule has 0 radical (unpaired) electrons. The second kappa shape index (κ2) is 6.76. The van der Waals surface area contributed by atoms with Gasteiger partial charge in [-0.1, -0.05) is 43.2 Å². The average molecular weight is 304 g/mol. The molecule has 0 saturated heterocycles. The number of hydrogen-bond acceptors (Lipinski definition) is 3. The van der Waals surface area contributed by atoms with Crippen LogP contribution < -0.4 is 4.18 Å². The van der Waals surface area contributed by atoms with Gasteiger partial charge in [-0.2, -0.15) is 8.42 Å². The monoisotopic (exact) mass is 304 g/mol. The first-order chi connectivity index (χ1) is 10.0. The smallest absolute Gasteiger partial charge is 0.339 e. The Morgan fingerprint density at radius 1 is 0.952 bits per heavy atom. The quantitative estimate of drug-likeness (QED) is 0.754. The first kappa shape index (κ1) is 15.6. The van der Waals surface area contributed by atoms with Crippen molar-refractivity contribution >= 4 is 10.1 Å². The molecule has 0 atom stereocenters. The van der Waals surface area contributed by atoms with Crippen molar-refractivity contribution in [2.45, 2.75) is 38.0 Å². The van der Waals surface area contributed by atoms with Gasteiger partial charge in [0, 0.05) is 0 Å². The third kappa shape index (κ3) is 4.33. The highest BCUT2D eigenvalue weighted by molar-refractivity contribution is 7.87. The largest absolute Gasteiger partial charge is 0.379 e. The molecular formula is C17H20O3S. The summed E-state index contributed by atoms with van der Waals surface area (Å²) in [6, 6.07) is 13.9. The van der Waals surface area contributed by atoms with Gasteiger partial charge in [-0.05, 0) is 49.6 Å². The summed E-state index contributed by atoms with van der Waals surface area (Å²) in [5, 5.41) is 0. The molecular weight excluding hydrogens is 284 g/mol. The molecule has 0 heterocycles. The maximum Gasteiger partial charge on any atom is 0.339 e. The molecule has 4 heteroatoms. The van der Waals surface area contributed by atoms with Crippen LogP contribution in [0.15, 0.2) is 53.4 Å². The Balaban J connectivity index is 2.11. The maximum absolute atomic E-state index is 12.1. The molecule has 0 aliphatic rings. The fourth-order valence-electron chi connectivity index (χ4n) is 1.97. The lowest BCUT2D eigenvalue weighted by Gasteiger charge is -2.08. The van der Waals surface area contributed by atoms with E-state index < -0.39 is 10.1 Å². The minimum atomic E-state index is -3.76. The Bertz CT molecular complexity index is 671. The predicted molar refractivity (Wildman–Crippen MR) is 84.0 cm³/mol. The highest BCUT2D eigenvalue weighted by Crippen LogP contribution is 2.20. The average Bonchev–Trinajstić information content (AvgIpc) is 2.47. The summed E-state index contributed by atoms with van der Waals surface area (Å²) in [6.45, 7) is 4.05. The molecule has 0 N–H and O–H groups in total. The summed E-state index contributed by atoms with van der Waals surface area (Å²) in [5.74, 6) is 0.343. The van der Waals surface area contributed by atoms with Gasteiger partial charge >= 0.3 is 10.1 Å². The molecule has 2 aromatic carbocycles. The van der Waals surface area contributed by atoms with Gasteiger partial charge in [0.05, 0.1) is 0 Å². The molecule has 0 amide bonds. The highest BCUT2D eigenvalue weighted by Gasteiger charge is 2.16. The van der Waals surface area contributed by atoms with Crippen LogP contribution >= 0.6 is 0 Å². The van der Waals surface area contributed by atoms with Crippen LogP contribution in [0.25, 0.3) is 0 Å². The zero-order chi connectivity index (χ0) is 15.3. The second-order valence-corrected chi connectivity index (χ2v) is 6.64. The standard InChI is InChI=1S/C17H20O3S/c1-3-4-5-15-8-10-16(11-9-15)20-21(18,19)17-12-6-14(2)7-13-17/h6-13H,3-5H2,1-2H3. The van der Waals surface area contributed by atoms with Gasteiger partial charge < -0.3 is 4.18 Å². The Labute approximate surface area is 126 Å². The lowest BCUT2D eigenvalue weighted by atomic mass is 10.1. The lowest BCUT2D eigenvalue weighted by Crippen LogP contribution is -2.09. The van der Waals surface area contributed by atoms with E-state index in [0.29, 0.717) is 5.75 Å². The number of rotatable bonds is 6. The van der Waals surface area contributed by atoms with E-state index in [0.717, 1.165) is 24.8 Å². The van der Waals surface area contributed by atoms with Crippen molar-refractivity contribution < 1.29 is 12.6 Å². The SMILES string of the molecule is CCCCc1ccc(OS(=O)(=O)c2ccc(C)cc2)cc1. The molecule has 2 rings (SSSR count). The topological polar surface area (TPSA) is 43.4 Å². The normalized spacial score (nSPS) is 11.3. The van der Waals surface area contributed by atoms with Gasteiger partial charge in [0.15, 0.2) is 0 Å². The van der Waals surface area contributed by atoms with Crippen molar-refractivity contribution in [3.05, 3.63) is 59.7 Å². The van der Waals surface area contributed by atoms with E-state index in [1.807, 2.05) is 19.1 Å². The molecule has 3 nitrogen and oxygen atoms in total. The number of unbranched alkanes of at least 4 members (excludes halogenated alkanes) is 1. The van der Waals surface area contributed by atoms with Crippen LogP contribution in [-0.2, 0) is 16.5 Å². The fraction of sp³-hybridized carbons (Fsp3) is 0.294. The molecule has 0 unspecified atom stereocenters. The summed E-state index contributed by atoms with van der Waals surface area (Å²) >= 11 is 0. The zero-order valence-corrected chi connectivity index (χ0v) is 13.2. The van der Waals surface area contributed by atoms with Crippen LogP contribution in [0.3, 0.4) is 0 Å².